The zero-order valence-corrected chi connectivity index (χ0v) is 3.29. The summed E-state index contributed by atoms with van der Waals surface area (Å²) in [5.74, 6) is 0. The van der Waals surface area contributed by atoms with Crippen molar-refractivity contribution in [2.45, 2.75) is 6.92 Å². The third-order valence-corrected chi connectivity index (χ3v) is 0.186. The van der Waals surface area contributed by atoms with E-state index in [0.717, 1.165) is 0 Å². The van der Waals surface area contributed by atoms with Gasteiger partial charge in [-0.2, -0.15) is 0 Å². The molecular weight excluding hydrogens is 107 g/mol. The van der Waals surface area contributed by atoms with Gasteiger partial charge in [-0.15, -0.1) is 4.91 Å². The second-order valence-corrected chi connectivity index (χ2v) is 0.520. The van der Waals surface area contributed by atoms with Gasteiger partial charge in [0.2, 0.25) is 0 Å². The Morgan fingerprint density at radius 3 is 2.43 bits per heavy atom. The van der Waals surface area contributed by atoms with E-state index in [-0.39, 0.29) is 29.6 Å². The maximum atomic E-state index is 8.98. The van der Waals surface area contributed by atoms with Crippen LogP contribution < -0.4 is 0 Å². The average Bonchev–Trinajstić information content (AvgIpc) is 1.61. The van der Waals surface area contributed by atoms with Crippen LogP contribution in [0.4, 0.5) is 0 Å². The molecule has 0 aliphatic rings. The molecule has 0 heterocycles. The number of hydrogen-bond donors (Lipinski definition) is 0. The van der Waals surface area contributed by atoms with Gasteiger partial charge in [-0.25, -0.2) is 4.94 Å². The summed E-state index contributed by atoms with van der Waals surface area (Å²) in [5, 5.41) is 4.96. The van der Waals surface area contributed by atoms with E-state index in [9.17, 15) is 0 Å². The van der Waals surface area contributed by atoms with Crippen LogP contribution in [0.5, 0.6) is 0 Å². The summed E-state index contributed by atoms with van der Waals surface area (Å²) in [4.78, 5) is 12.6. The fourth-order valence-electron chi connectivity index (χ4n) is 0.0664. The number of hydrogen-bond acceptors (Lipinski definition) is 4. The van der Waals surface area contributed by atoms with Crippen molar-refractivity contribution in [3.8, 4) is 0 Å². The van der Waals surface area contributed by atoms with E-state index in [1.165, 1.54) is 6.21 Å². The molecule has 0 spiro atoms. The van der Waals surface area contributed by atoms with E-state index in [1.807, 2.05) is 5.34 Å². The monoisotopic (exact) mass is 112 g/mol. The summed E-state index contributed by atoms with van der Waals surface area (Å²) in [5.41, 5.74) is 0. The van der Waals surface area contributed by atoms with Gasteiger partial charge in [-0.05, 0) is 6.92 Å². The van der Waals surface area contributed by atoms with Crippen LogP contribution in [0.1, 0.15) is 6.92 Å². The summed E-state index contributed by atoms with van der Waals surface area (Å²) < 4.78 is 0. The summed E-state index contributed by atoms with van der Waals surface area (Å²) in [6, 6.07) is 0. The molecule has 0 aromatic rings. The number of nitrogens with zero attached hydrogens (tertiary/aromatic N) is 2. The fourth-order valence-corrected chi connectivity index (χ4v) is 0.0664. The molecule has 4 nitrogen and oxygen atoms in total. The first-order valence-corrected chi connectivity index (χ1v) is 1.38. The molecule has 0 N–H and O–H groups in total. The number of rotatable bonds is 2. The van der Waals surface area contributed by atoms with E-state index >= 15 is 0 Å². The summed E-state index contributed by atoms with van der Waals surface area (Å²) in [6.45, 7) is 1.62. The first-order chi connectivity index (χ1) is 2.91. The molecule has 0 radical (unpaired) electrons. The van der Waals surface area contributed by atoms with Crippen molar-refractivity contribution >= 4 is 35.8 Å². The Bertz CT molecular complexity index is 64.7. The summed E-state index contributed by atoms with van der Waals surface area (Å²) >= 11 is 0. The molecule has 0 saturated carbocycles. The molecule has 0 aromatic heterocycles. The molecule has 0 atom stereocenters. The molecular formula is C2H5N2NaO2. The first kappa shape index (κ1) is 10.1. The molecule has 7 heavy (non-hydrogen) atoms. The number of oxime groups is 1. The molecule has 36 valence electrons. The zero-order chi connectivity index (χ0) is 4.83. The van der Waals surface area contributed by atoms with Gasteiger partial charge >= 0.3 is 29.6 Å². The molecule has 0 rings (SSSR count). The van der Waals surface area contributed by atoms with Gasteiger partial charge < -0.3 is 0 Å². The van der Waals surface area contributed by atoms with Gasteiger partial charge in [0, 0.05) is 6.21 Å². The quantitative estimate of drug-likeness (QED) is 0.219. The molecule has 0 aromatic carbocycles. The molecule has 0 aliphatic heterocycles. The van der Waals surface area contributed by atoms with E-state index in [2.05, 4.69) is 10.1 Å². The second kappa shape index (κ2) is 9.42. The third kappa shape index (κ3) is 10.7. The maximum absolute atomic E-state index is 8.98. The van der Waals surface area contributed by atoms with E-state index in [1.54, 1.807) is 6.92 Å². The van der Waals surface area contributed by atoms with E-state index < -0.39 is 0 Å². The topological polar surface area (TPSA) is 51.0 Å². The molecule has 5 heteroatoms. The second-order valence-electron chi connectivity index (χ2n) is 0.520. The predicted molar refractivity (Wildman–Crippen MR) is 28.2 cm³/mol. The Kier molecular flexibility index (Phi) is 13.6. The van der Waals surface area contributed by atoms with Crippen LogP contribution in [-0.4, -0.2) is 35.8 Å². The SMILES string of the molecule is CC=NON=O.[NaH]. The van der Waals surface area contributed by atoms with Crippen molar-refractivity contribution in [3.63, 3.8) is 0 Å². The van der Waals surface area contributed by atoms with Crippen LogP contribution in [0, 0.1) is 4.91 Å². The molecule has 0 saturated heterocycles. The van der Waals surface area contributed by atoms with Crippen molar-refractivity contribution in [3.05, 3.63) is 4.91 Å². The van der Waals surface area contributed by atoms with Crippen LogP contribution in [0.25, 0.3) is 0 Å². The molecule has 0 bridgehead atoms. The van der Waals surface area contributed by atoms with Gasteiger partial charge in [0.25, 0.3) is 0 Å². The Labute approximate surface area is 63.1 Å². The van der Waals surface area contributed by atoms with Crippen LogP contribution >= 0.6 is 0 Å². The van der Waals surface area contributed by atoms with Gasteiger partial charge in [-0.3, -0.25) is 0 Å². The summed E-state index contributed by atoms with van der Waals surface area (Å²) in [7, 11) is 0. The van der Waals surface area contributed by atoms with Crippen molar-refractivity contribution < 1.29 is 4.94 Å². The van der Waals surface area contributed by atoms with Crippen LogP contribution in [0.3, 0.4) is 0 Å². The van der Waals surface area contributed by atoms with E-state index in [4.69, 9.17) is 4.91 Å². The minimum absolute atomic E-state index is 0. The molecule has 0 fully saturated rings. The van der Waals surface area contributed by atoms with Gasteiger partial charge in [0.1, 0.15) is 0 Å². The summed E-state index contributed by atoms with van der Waals surface area (Å²) in [6.07, 6.45) is 1.32. The Morgan fingerprint density at radius 1 is 1.71 bits per heavy atom. The van der Waals surface area contributed by atoms with Crippen molar-refractivity contribution in [1.82, 2.24) is 0 Å². The standard InChI is InChI=1S/C2H4N2O2.Na.H/c1-2-3-6-4-5;;/h2H,1H3;;. The van der Waals surface area contributed by atoms with Gasteiger partial charge in [0.15, 0.2) is 5.34 Å². The average molecular weight is 112 g/mol. The minimum atomic E-state index is 0. The van der Waals surface area contributed by atoms with Gasteiger partial charge in [0.05, 0.1) is 0 Å². The van der Waals surface area contributed by atoms with Crippen molar-refractivity contribution in [2.24, 2.45) is 10.5 Å². The Morgan fingerprint density at radius 2 is 2.29 bits per heavy atom. The van der Waals surface area contributed by atoms with Crippen LogP contribution in [0.15, 0.2) is 10.5 Å². The third-order valence-electron chi connectivity index (χ3n) is 0.186. The predicted octanol–water partition coefficient (Wildman–Crippen LogP) is 0.0416. The molecule has 0 amide bonds. The van der Waals surface area contributed by atoms with Gasteiger partial charge in [-0.1, -0.05) is 5.16 Å². The van der Waals surface area contributed by atoms with Crippen LogP contribution in [-0.2, 0) is 4.94 Å². The normalized spacial score (nSPS) is 7.57. The fraction of sp³-hybridized carbons (Fsp3) is 0.500. The van der Waals surface area contributed by atoms with E-state index in [0.29, 0.717) is 0 Å². The molecule has 0 unspecified atom stereocenters. The van der Waals surface area contributed by atoms with Crippen LogP contribution in [0.2, 0.25) is 0 Å². The Balaban J connectivity index is 0. The first-order valence-electron chi connectivity index (χ1n) is 1.38. The zero-order valence-electron chi connectivity index (χ0n) is 3.29. The molecule has 0 aliphatic carbocycles. The van der Waals surface area contributed by atoms with Crippen molar-refractivity contribution in [1.29, 1.82) is 0 Å². The Hall–Kier alpha value is 0.0700. The van der Waals surface area contributed by atoms with Crippen molar-refractivity contribution in [2.75, 3.05) is 0 Å².